The largest absolute Gasteiger partial charge is 0.425 e. The van der Waals surface area contributed by atoms with Gasteiger partial charge in [0.1, 0.15) is 5.75 Å². The number of carbonyl (C=O) groups is 1. The van der Waals surface area contributed by atoms with Crippen LogP contribution in [-0.2, 0) is 4.79 Å². The molecule has 0 heterocycles. The van der Waals surface area contributed by atoms with E-state index in [1.54, 1.807) is 0 Å². The van der Waals surface area contributed by atoms with E-state index < -0.39 is 0 Å². The summed E-state index contributed by atoms with van der Waals surface area (Å²) >= 11 is 10.2. The van der Waals surface area contributed by atoms with Gasteiger partial charge in [-0.05, 0) is 78.4 Å². The van der Waals surface area contributed by atoms with E-state index in [0.29, 0.717) is 17.6 Å². The maximum atomic E-state index is 12.9. The van der Waals surface area contributed by atoms with E-state index in [2.05, 4.69) is 15.9 Å². The number of alkyl halides is 1. The zero-order valence-electron chi connectivity index (χ0n) is 11.8. The van der Waals surface area contributed by atoms with Crippen LogP contribution < -0.4 is 4.74 Å². The second-order valence-corrected chi connectivity index (χ2v) is 8.87. The van der Waals surface area contributed by atoms with Crippen molar-refractivity contribution in [1.82, 2.24) is 0 Å². The Morgan fingerprint density at radius 3 is 2.48 bits per heavy atom. The summed E-state index contributed by atoms with van der Waals surface area (Å²) in [6.07, 6.45) is 6.11. The van der Waals surface area contributed by atoms with E-state index in [1.807, 2.05) is 24.3 Å². The van der Waals surface area contributed by atoms with Crippen molar-refractivity contribution < 1.29 is 9.53 Å². The van der Waals surface area contributed by atoms with Gasteiger partial charge in [-0.2, -0.15) is 0 Å². The van der Waals surface area contributed by atoms with Gasteiger partial charge >= 0.3 is 5.97 Å². The molecule has 0 spiro atoms. The minimum atomic E-state index is -0.346. The highest BCUT2D eigenvalue weighted by Crippen LogP contribution is 2.64. The first-order chi connectivity index (χ1) is 9.98. The van der Waals surface area contributed by atoms with Gasteiger partial charge in [0.15, 0.2) is 0 Å². The molecule has 4 aliphatic rings. The molecule has 5 rings (SSSR count). The first kappa shape index (κ1) is 14.1. The summed E-state index contributed by atoms with van der Waals surface area (Å²) in [5.41, 5.74) is -0.346. The summed E-state index contributed by atoms with van der Waals surface area (Å²) in [5.74, 6) is 1.75. The number of hydrogen-bond acceptors (Lipinski definition) is 2. The van der Waals surface area contributed by atoms with Crippen LogP contribution in [0.25, 0.3) is 0 Å². The molecule has 4 fully saturated rings. The van der Waals surface area contributed by atoms with Gasteiger partial charge in [-0.15, -0.1) is 11.6 Å². The van der Waals surface area contributed by atoms with E-state index in [9.17, 15) is 4.79 Å². The Labute approximate surface area is 138 Å². The van der Waals surface area contributed by atoms with Crippen LogP contribution in [0.3, 0.4) is 0 Å². The van der Waals surface area contributed by atoms with Crippen molar-refractivity contribution >= 4 is 33.5 Å². The molecule has 0 aromatic heterocycles. The molecule has 0 saturated heterocycles. The lowest BCUT2D eigenvalue weighted by Crippen LogP contribution is -2.56. The molecule has 0 amide bonds. The van der Waals surface area contributed by atoms with Gasteiger partial charge in [-0.1, -0.05) is 12.1 Å². The summed E-state index contributed by atoms with van der Waals surface area (Å²) in [6, 6.07) is 7.53. The quantitative estimate of drug-likeness (QED) is 0.419. The minimum Gasteiger partial charge on any atom is -0.425 e. The van der Waals surface area contributed by atoms with Crippen molar-refractivity contribution in [2.45, 2.75) is 43.4 Å². The molecule has 1 aromatic rings. The van der Waals surface area contributed by atoms with Crippen molar-refractivity contribution in [2.75, 3.05) is 0 Å². The van der Waals surface area contributed by atoms with Crippen LogP contribution in [0.4, 0.5) is 0 Å². The predicted octanol–water partition coefficient (Wildman–Crippen LogP) is 4.93. The molecular weight excluding hydrogens is 352 g/mol. The molecule has 21 heavy (non-hydrogen) atoms. The second-order valence-electron chi connectivity index (χ2n) is 7.21. The van der Waals surface area contributed by atoms with Crippen molar-refractivity contribution in [3.63, 3.8) is 0 Å². The molecule has 4 bridgehead atoms. The SMILES string of the molecule is O=C(Oc1ccccc1Br)C12CC3CC(CC(Cl)(C3)C1)C2. The number of ether oxygens (including phenoxy) is 1. The van der Waals surface area contributed by atoms with E-state index in [0.717, 1.165) is 36.6 Å². The number of halogens is 2. The fourth-order valence-electron chi connectivity index (χ4n) is 5.13. The third-order valence-corrected chi connectivity index (χ3v) is 6.56. The van der Waals surface area contributed by atoms with Crippen molar-refractivity contribution in [1.29, 1.82) is 0 Å². The van der Waals surface area contributed by atoms with E-state index in [-0.39, 0.29) is 16.3 Å². The smallest absolute Gasteiger partial charge is 0.317 e. The van der Waals surface area contributed by atoms with E-state index >= 15 is 0 Å². The number of esters is 1. The number of para-hydroxylation sites is 1. The molecular formula is C17H18BrClO2. The molecule has 2 nitrogen and oxygen atoms in total. The average Bonchev–Trinajstić information content (AvgIpc) is 2.38. The first-order valence-corrected chi connectivity index (χ1v) is 8.81. The van der Waals surface area contributed by atoms with Crippen molar-refractivity contribution in [3.8, 4) is 5.75 Å². The number of benzene rings is 1. The summed E-state index contributed by atoms with van der Waals surface area (Å²) in [7, 11) is 0. The Kier molecular flexibility index (Phi) is 3.17. The Bertz CT molecular complexity index is 586. The maximum Gasteiger partial charge on any atom is 0.317 e. The van der Waals surface area contributed by atoms with Gasteiger partial charge in [0.05, 0.1) is 9.89 Å². The monoisotopic (exact) mass is 368 g/mol. The summed E-state index contributed by atoms with van der Waals surface area (Å²) < 4.78 is 6.55. The lowest BCUT2D eigenvalue weighted by Gasteiger charge is -2.58. The second kappa shape index (κ2) is 4.73. The number of carbonyl (C=O) groups excluding carboxylic acids is 1. The molecule has 2 unspecified atom stereocenters. The fraction of sp³-hybridized carbons (Fsp3) is 0.588. The third-order valence-electron chi connectivity index (χ3n) is 5.46. The Hall–Kier alpha value is -0.540. The highest BCUT2D eigenvalue weighted by molar-refractivity contribution is 9.10. The zero-order chi connectivity index (χ0) is 14.7. The van der Waals surface area contributed by atoms with E-state index in [4.69, 9.17) is 16.3 Å². The fourth-order valence-corrected chi connectivity index (χ4v) is 6.18. The molecule has 0 N–H and O–H groups in total. The Balaban J connectivity index is 1.61. The summed E-state index contributed by atoms with van der Waals surface area (Å²) in [4.78, 5) is 12.7. The standard InChI is InChI=1S/C17H18BrClO2/c18-13-3-1-2-4-14(13)21-15(20)16-6-11-5-12(7-16)9-17(19,8-11)10-16/h1-4,11-12H,5-10H2. The highest BCUT2D eigenvalue weighted by Gasteiger charge is 2.60. The van der Waals surface area contributed by atoms with Crippen LogP contribution in [0, 0.1) is 17.3 Å². The van der Waals surface area contributed by atoms with Gasteiger partial charge in [0.25, 0.3) is 0 Å². The van der Waals surface area contributed by atoms with Crippen LogP contribution in [0.5, 0.6) is 5.75 Å². The molecule has 4 saturated carbocycles. The first-order valence-electron chi connectivity index (χ1n) is 7.64. The lowest BCUT2D eigenvalue weighted by molar-refractivity contribution is -0.160. The van der Waals surface area contributed by atoms with Gasteiger partial charge in [0, 0.05) is 4.87 Å². The van der Waals surface area contributed by atoms with Crippen LogP contribution in [0.2, 0.25) is 0 Å². The van der Waals surface area contributed by atoms with Crippen LogP contribution in [0.15, 0.2) is 28.7 Å². The summed E-state index contributed by atoms with van der Waals surface area (Å²) in [5, 5.41) is 0. The third kappa shape index (κ3) is 2.33. The van der Waals surface area contributed by atoms with Gasteiger partial charge in [0.2, 0.25) is 0 Å². The Morgan fingerprint density at radius 2 is 1.86 bits per heavy atom. The van der Waals surface area contributed by atoms with Gasteiger partial charge < -0.3 is 4.74 Å². The van der Waals surface area contributed by atoms with Gasteiger partial charge in [-0.3, -0.25) is 4.79 Å². The maximum absolute atomic E-state index is 12.9. The van der Waals surface area contributed by atoms with Crippen LogP contribution in [-0.4, -0.2) is 10.8 Å². The summed E-state index contributed by atoms with van der Waals surface area (Å²) in [6.45, 7) is 0. The van der Waals surface area contributed by atoms with Crippen LogP contribution in [0.1, 0.15) is 38.5 Å². The predicted molar refractivity (Wildman–Crippen MR) is 85.5 cm³/mol. The molecule has 0 aliphatic heterocycles. The molecule has 2 atom stereocenters. The van der Waals surface area contributed by atoms with Crippen molar-refractivity contribution in [2.24, 2.45) is 17.3 Å². The van der Waals surface area contributed by atoms with Crippen LogP contribution >= 0.6 is 27.5 Å². The normalized spacial score (nSPS) is 40.3. The number of hydrogen-bond donors (Lipinski definition) is 0. The van der Waals surface area contributed by atoms with E-state index in [1.165, 1.54) is 6.42 Å². The molecule has 4 heteroatoms. The lowest BCUT2D eigenvalue weighted by atomic mass is 9.49. The highest BCUT2D eigenvalue weighted by atomic mass is 79.9. The topological polar surface area (TPSA) is 26.3 Å². The molecule has 1 aromatic carbocycles. The molecule has 0 radical (unpaired) electrons. The Morgan fingerprint density at radius 1 is 1.19 bits per heavy atom. The molecule has 112 valence electrons. The van der Waals surface area contributed by atoms with Gasteiger partial charge in [-0.25, -0.2) is 0 Å². The zero-order valence-corrected chi connectivity index (χ0v) is 14.1. The number of rotatable bonds is 2. The van der Waals surface area contributed by atoms with Crippen molar-refractivity contribution in [3.05, 3.63) is 28.7 Å². The molecule has 4 aliphatic carbocycles. The average molecular weight is 370 g/mol. The minimum absolute atomic E-state index is 0.0754.